The standard InChI is InChI=1S/C24H43N5O2/c1-7-25-24(26-12-8-9-13-27(4)20(2)3)29-16-14-28(15-17-29)19-21-18-22(30-5)10-11-23(21)31-6/h10-11,18,20H,7-9,12-17,19H2,1-6H3,(H,25,26). The molecule has 0 spiro atoms. The third-order valence-corrected chi connectivity index (χ3v) is 5.95. The Morgan fingerprint density at radius 1 is 1.13 bits per heavy atom. The molecule has 1 aliphatic heterocycles. The Morgan fingerprint density at radius 3 is 2.48 bits per heavy atom. The van der Waals surface area contributed by atoms with Crippen LogP contribution in [-0.4, -0.2) is 93.8 Å². The summed E-state index contributed by atoms with van der Waals surface area (Å²) in [5.74, 6) is 2.84. The topological polar surface area (TPSA) is 52.6 Å². The lowest BCUT2D eigenvalue weighted by molar-refractivity contribution is 0.171. The van der Waals surface area contributed by atoms with E-state index in [9.17, 15) is 0 Å². The number of rotatable bonds is 11. The zero-order chi connectivity index (χ0) is 22.6. The lowest BCUT2D eigenvalue weighted by Gasteiger charge is -2.36. The molecule has 1 N–H and O–H groups in total. The smallest absolute Gasteiger partial charge is 0.194 e. The summed E-state index contributed by atoms with van der Waals surface area (Å²) < 4.78 is 10.9. The van der Waals surface area contributed by atoms with Gasteiger partial charge in [0.15, 0.2) is 5.96 Å². The molecule has 31 heavy (non-hydrogen) atoms. The summed E-state index contributed by atoms with van der Waals surface area (Å²) in [5, 5.41) is 3.48. The maximum absolute atomic E-state index is 5.54. The Kier molecular flexibility index (Phi) is 10.9. The highest BCUT2D eigenvalue weighted by molar-refractivity contribution is 5.80. The number of benzene rings is 1. The zero-order valence-electron chi connectivity index (χ0n) is 20.5. The number of methoxy groups -OCH3 is 2. The fourth-order valence-electron chi connectivity index (χ4n) is 3.71. The first-order valence-corrected chi connectivity index (χ1v) is 11.6. The quantitative estimate of drug-likeness (QED) is 0.329. The fourth-order valence-corrected chi connectivity index (χ4v) is 3.71. The molecule has 0 saturated carbocycles. The second-order valence-electron chi connectivity index (χ2n) is 8.46. The van der Waals surface area contributed by atoms with Gasteiger partial charge in [-0.25, -0.2) is 0 Å². The van der Waals surface area contributed by atoms with Gasteiger partial charge in [-0.3, -0.25) is 9.89 Å². The Hall–Kier alpha value is -1.99. The van der Waals surface area contributed by atoms with Crippen molar-refractivity contribution in [3.63, 3.8) is 0 Å². The van der Waals surface area contributed by atoms with E-state index in [2.05, 4.69) is 53.9 Å². The zero-order valence-corrected chi connectivity index (χ0v) is 20.5. The van der Waals surface area contributed by atoms with Crippen molar-refractivity contribution < 1.29 is 9.47 Å². The van der Waals surface area contributed by atoms with Crippen molar-refractivity contribution in [2.75, 3.05) is 67.1 Å². The molecule has 1 saturated heterocycles. The van der Waals surface area contributed by atoms with E-state index in [-0.39, 0.29) is 0 Å². The summed E-state index contributed by atoms with van der Waals surface area (Å²) in [6.07, 6.45) is 2.31. The molecule has 1 fully saturated rings. The van der Waals surface area contributed by atoms with Crippen LogP contribution in [0.4, 0.5) is 0 Å². The van der Waals surface area contributed by atoms with Crippen molar-refractivity contribution in [1.29, 1.82) is 0 Å². The van der Waals surface area contributed by atoms with Crippen LogP contribution in [0.3, 0.4) is 0 Å². The predicted molar refractivity (Wildman–Crippen MR) is 129 cm³/mol. The van der Waals surface area contributed by atoms with Gasteiger partial charge in [0.05, 0.1) is 14.2 Å². The Morgan fingerprint density at radius 2 is 1.87 bits per heavy atom. The van der Waals surface area contributed by atoms with E-state index >= 15 is 0 Å². The number of ether oxygens (including phenoxy) is 2. The Labute approximate surface area is 189 Å². The van der Waals surface area contributed by atoms with Crippen molar-refractivity contribution in [2.24, 2.45) is 4.99 Å². The summed E-state index contributed by atoms with van der Waals surface area (Å²) in [7, 11) is 5.62. The minimum atomic E-state index is 0.606. The highest BCUT2D eigenvalue weighted by Crippen LogP contribution is 2.25. The summed E-state index contributed by atoms with van der Waals surface area (Å²) in [5.41, 5.74) is 1.17. The molecule has 2 rings (SSSR count). The van der Waals surface area contributed by atoms with Crippen LogP contribution < -0.4 is 14.8 Å². The first-order chi connectivity index (χ1) is 15.0. The van der Waals surface area contributed by atoms with Crippen LogP contribution in [-0.2, 0) is 6.54 Å². The molecule has 0 unspecified atom stereocenters. The van der Waals surface area contributed by atoms with Crippen LogP contribution in [0.25, 0.3) is 0 Å². The summed E-state index contributed by atoms with van der Waals surface area (Å²) in [4.78, 5) is 12.2. The second kappa shape index (κ2) is 13.4. The molecule has 0 aromatic heterocycles. The van der Waals surface area contributed by atoms with Crippen molar-refractivity contribution in [3.8, 4) is 11.5 Å². The molecular formula is C24H43N5O2. The lowest BCUT2D eigenvalue weighted by Crippen LogP contribution is -2.52. The van der Waals surface area contributed by atoms with E-state index in [0.717, 1.165) is 76.2 Å². The number of hydrogen-bond donors (Lipinski definition) is 1. The molecule has 0 bridgehead atoms. The van der Waals surface area contributed by atoms with Gasteiger partial charge in [-0.2, -0.15) is 0 Å². The number of piperazine rings is 1. The van der Waals surface area contributed by atoms with E-state index in [0.29, 0.717) is 6.04 Å². The van der Waals surface area contributed by atoms with Crippen molar-refractivity contribution >= 4 is 5.96 Å². The van der Waals surface area contributed by atoms with Gasteiger partial charge in [-0.05, 0) is 65.4 Å². The molecule has 0 aliphatic carbocycles. The maximum Gasteiger partial charge on any atom is 0.194 e. The number of guanidine groups is 1. The highest BCUT2D eigenvalue weighted by Gasteiger charge is 2.20. The van der Waals surface area contributed by atoms with Gasteiger partial charge in [-0.15, -0.1) is 0 Å². The SMILES string of the molecule is CCNC(=NCCCCN(C)C(C)C)N1CCN(Cc2cc(OC)ccc2OC)CC1. The Balaban J connectivity index is 1.84. The van der Waals surface area contributed by atoms with Gasteiger partial charge in [0.1, 0.15) is 11.5 Å². The molecule has 1 heterocycles. The molecule has 1 aromatic rings. The third kappa shape index (κ3) is 8.22. The predicted octanol–water partition coefficient (Wildman–Crippen LogP) is 2.91. The molecule has 0 atom stereocenters. The molecule has 0 radical (unpaired) electrons. The van der Waals surface area contributed by atoms with Crippen LogP contribution in [0.1, 0.15) is 39.2 Å². The average Bonchev–Trinajstić information content (AvgIpc) is 2.78. The summed E-state index contributed by atoms with van der Waals surface area (Å²) in [6.45, 7) is 14.4. The van der Waals surface area contributed by atoms with Crippen molar-refractivity contribution in [1.82, 2.24) is 20.0 Å². The van der Waals surface area contributed by atoms with Gasteiger partial charge in [-0.1, -0.05) is 0 Å². The van der Waals surface area contributed by atoms with E-state index in [1.165, 1.54) is 12.0 Å². The molecule has 1 aromatic carbocycles. The van der Waals surface area contributed by atoms with Gasteiger partial charge >= 0.3 is 0 Å². The van der Waals surface area contributed by atoms with E-state index in [4.69, 9.17) is 14.5 Å². The van der Waals surface area contributed by atoms with Gasteiger partial charge in [0.2, 0.25) is 0 Å². The molecular weight excluding hydrogens is 390 g/mol. The normalized spacial score (nSPS) is 15.6. The number of aliphatic imine (C=N–C) groups is 1. The number of nitrogens with zero attached hydrogens (tertiary/aromatic N) is 4. The minimum Gasteiger partial charge on any atom is -0.497 e. The van der Waals surface area contributed by atoms with Crippen LogP contribution in [0.5, 0.6) is 11.5 Å². The third-order valence-electron chi connectivity index (χ3n) is 5.95. The van der Waals surface area contributed by atoms with E-state index < -0.39 is 0 Å². The molecule has 1 aliphatic rings. The van der Waals surface area contributed by atoms with Gasteiger partial charge in [0, 0.05) is 57.4 Å². The van der Waals surface area contributed by atoms with Crippen molar-refractivity contribution in [3.05, 3.63) is 23.8 Å². The number of nitrogens with one attached hydrogen (secondary N) is 1. The number of hydrogen-bond acceptors (Lipinski definition) is 5. The van der Waals surface area contributed by atoms with E-state index in [1.54, 1.807) is 14.2 Å². The first kappa shape index (κ1) is 25.3. The van der Waals surface area contributed by atoms with Gasteiger partial charge in [0.25, 0.3) is 0 Å². The molecule has 176 valence electrons. The van der Waals surface area contributed by atoms with Crippen molar-refractivity contribution in [2.45, 2.75) is 46.2 Å². The molecule has 0 amide bonds. The lowest BCUT2D eigenvalue weighted by atomic mass is 10.1. The largest absolute Gasteiger partial charge is 0.497 e. The van der Waals surface area contributed by atoms with E-state index in [1.807, 2.05) is 12.1 Å². The van der Waals surface area contributed by atoms with Crippen LogP contribution in [0, 0.1) is 0 Å². The van der Waals surface area contributed by atoms with Crippen LogP contribution in [0.15, 0.2) is 23.2 Å². The highest BCUT2D eigenvalue weighted by atomic mass is 16.5. The fraction of sp³-hybridized carbons (Fsp3) is 0.708. The summed E-state index contributed by atoms with van der Waals surface area (Å²) >= 11 is 0. The average molecular weight is 434 g/mol. The molecule has 7 heteroatoms. The van der Waals surface area contributed by atoms with Gasteiger partial charge < -0.3 is 24.6 Å². The second-order valence-corrected chi connectivity index (χ2v) is 8.46. The number of unbranched alkanes of at least 4 members (excludes halogenated alkanes) is 1. The monoisotopic (exact) mass is 433 g/mol. The Bertz CT molecular complexity index is 672. The first-order valence-electron chi connectivity index (χ1n) is 11.6. The molecule has 7 nitrogen and oxygen atoms in total. The maximum atomic E-state index is 5.54. The van der Waals surface area contributed by atoms with Crippen LogP contribution >= 0.6 is 0 Å². The van der Waals surface area contributed by atoms with Crippen LogP contribution in [0.2, 0.25) is 0 Å². The summed E-state index contributed by atoms with van der Waals surface area (Å²) in [6, 6.07) is 6.61. The minimum absolute atomic E-state index is 0.606.